The first-order valence-electron chi connectivity index (χ1n) is 7.79. The molecule has 0 heteroatoms. The number of hydrogen-bond donors (Lipinski definition) is 0. The summed E-state index contributed by atoms with van der Waals surface area (Å²) in [5, 5.41) is 2.71. The molecular weight excluding hydrogens is 252 g/mol. The summed E-state index contributed by atoms with van der Waals surface area (Å²) in [5.74, 6) is 0.592. The van der Waals surface area contributed by atoms with Gasteiger partial charge >= 0.3 is 0 Å². The Balaban J connectivity index is 2.53. The molecule has 0 aromatic heterocycles. The molecule has 0 spiro atoms. The van der Waals surface area contributed by atoms with E-state index in [4.69, 9.17) is 0 Å². The third kappa shape index (κ3) is 1.97. The molecular formula is C21H24. The fourth-order valence-corrected chi connectivity index (χ4v) is 4.19. The van der Waals surface area contributed by atoms with Crippen LogP contribution in [-0.2, 0) is 5.41 Å². The van der Waals surface area contributed by atoms with Crippen LogP contribution in [-0.4, -0.2) is 0 Å². The van der Waals surface area contributed by atoms with E-state index >= 15 is 0 Å². The molecule has 0 heterocycles. The van der Waals surface area contributed by atoms with Gasteiger partial charge in [-0.05, 0) is 64.3 Å². The number of rotatable bonds is 1. The van der Waals surface area contributed by atoms with Crippen LogP contribution in [0.3, 0.4) is 0 Å². The Labute approximate surface area is 127 Å². The third-order valence-electron chi connectivity index (χ3n) is 5.25. The molecule has 0 aliphatic heterocycles. The van der Waals surface area contributed by atoms with Crippen molar-refractivity contribution < 1.29 is 0 Å². The van der Waals surface area contributed by atoms with Gasteiger partial charge in [0.25, 0.3) is 0 Å². The van der Waals surface area contributed by atoms with Crippen molar-refractivity contribution in [2.45, 2.75) is 39.5 Å². The van der Waals surface area contributed by atoms with Crippen molar-refractivity contribution in [2.75, 3.05) is 0 Å². The van der Waals surface area contributed by atoms with Crippen molar-refractivity contribution in [3.63, 3.8) is 0 Å². The minimum absolute atomic E-state index is 0.168. The average molecular weight is 276 g/mol. The molecule has 0 saturated carbocycles. The van der Waals surface area contributed by atoms with Gasteiger partial charge in [-0.25, -0.2) is 0 Å². The molecule has 108 valence electrons. The van der Waals surface area contributed by atoms with Crippen molar-refractivity contribution in [2.24, 2.45) is 5.92 Å². The van der Waals surface area contributed by atoms with E-state index in [0.717, 1.165) is 6.42 Å². The summed E-state index contributed by atoms with van der Waals surface area (Å²) in [6.07, 6.45) is 9.79. The maximum absolute atomic E-state index is 3.87. The average Bonchev–Trinajstić information content (AvgIpc) is 2.45. The molecule has 1 unspecified atom stereocenters. The molecule has 0 nitrogen and oxygen atoms in total. The summed E-state index contributed by atoms with van der Waals surface area (Å²) in [7, 11) is 0. The minimum Gasteiger partial charge on any atom is -0.0990 e. The van der Waals surface area contributed by atoms with E-state index in [1.165, 1.54) is 27.1 Å². The summed E-state index contributed by atoms with van der Waals surface area (Å²) >= 11 is 0. The summed E-state index contributed by atoms with van der Waals surface area (Å²) in [5.41, 5.74) is 6.08. The molecule has 1 atom stereocenters. The summed E-state index contributed by atoms with van der Waals surface area (Å²) < 4.78 is 0. The second-order valence-corrected chi connectivity index (χ2v) is 6.81. The summed E-state index contributed by atoms with van der Waals surface area (Å²) in [6.45, 7) is 13.2. The molecule has 3 rings (SSSR count). The fraction of sp³-hybridized carbons (Fsp3) is 0.333. The largest absolute Gasteiger partial charge is 0.0990 e. The Bertz CT molecular complexity index is 782. The highest BCUT2D eigenvalue weighted by atomic mass is 14.4. The Kier molecular flexibility index (Phi) is 3.28. The van der Waals surface area contributed by atoms with Crippen LogP contribution >= 0.6 is 0 Å². The number of fused-ring (bicyclic) bond motifs is 2. The highest BCUT2D eigenvalue weighted by molar-refractivity contribution is 5.71. The zero-order chi connectivity index (χ0) is 15.2. The molecule has 2 aliphatic rings. The third-order valence-corrected chi connectivity index (χ3v) is 5.25. The van der Waals surface area contributed by atoms with Crippen molar-refractivity contribution in [1.29, 1.82) is 0 Å². The Morgan fingerprint density at radius 2 is 2.00 bits per heavy atom. The monoisotopic (exact) mass is 276 g/mol. The first kappa shape index (κ1) is 14.1. The lowest BCUT2D eigenvalue weighted by Crippen LogP contribution is -2.46. The van der Waals surface area contributed by atoms with Gasteiger partial charge in [-0.3, -0.25) is 0 Å². The van der Waals surface area contributed by atoms with Gasteiger partial charge in [-0.2, -0.15) is 0 Å². The molecule has 0 saturated heterocycles. The lowest BCUT2D eigenvalue weighted by molar-refractivity contribution is 0.360. The molecule has 0 fully saturated rings. The first-order chi connectivity index (χ1) is 9.98. The number of hydrogen-bond acceptors (Lipinski definition) is 0. The van der Waals surface area contributed by atoms with Crippen molar-refractivity contribution in [1.82, 2.24) is 0 Å². The first-order valence-corrected chi connectivity index (χ1v) is 7.79. The second kappa shape index (κ2) is 4.87. The zero-order valence-electron chi connectivity index (χ0n) is 13.5. The van der Waals surface area contributed by atoms with Crippen LogP contribution < -0.4 is 10.4 Å². The van der Waals surface area contributed by atoms with Gasteiger partial charge in [-0.15, -0.1) is 0 Å². The highest BCUT2D eigenvalue weighted by Crippen LogP contribution is 2.45. The number of allylic oxidation sites excluding steroid dienone is 5. The van der Waals surface area contributed by atoms with Crippen LogP contribution in [0.15, 0.2) is 54.2 Å². The molecule has 2 aliphatic carbocycles. The van der Waals surface area contributed by atoms with Crippen LogP contribution in [0.25, 0.3) is 11.6 Å². The van der Waals surface area contributed by atoms with Crippen LogP contribution in [0.1, 0.15) is 39.7 Å². The molecule has 1 aromatic rings. The van der Waals surface area contributed by atoms with E-state index in [1.54, 1.807) is 5.57 Å². The Morgan fingerprint density at radius 1 is 1.24 bits per heavy atom. The normalized spacial score (nSPS) is 23.9. The van der Waals surface area contributed by atoms with Gasteiger partial charge in [0.2, 0.25) is 0 Å². The van der Waals surface area contributed by atoms with Gasteiger partial charge in [-0.1, -0.05) is 62.9 Å². The quantitative estimate of drug-likeness (QED) is 0.727. The lowest BCUT2D eigenvalue weighted by atomic mass is 9.61. The van der Waals surface area contributed by atoms with Gasteiger partial charge in [0, 0.05) is 0 Å². The standard InChI is InChI=1S/C21H24/c1-6-9-16-11-8-13-18-20(16)15(3)19-14(2)10-7-12-17(19)21(18,4)5/h6-11,13,17H,1,12H2,2-5H3/b16-9-. The van der Waals surface area contributed by atoms with Crippen LogP contribution in [0.2, 0.25) is 0 Å². The Morgan fingerprint density at radius 3 is 2.71 bits per heavy atom. The van der Waals surface area contributed by atoms with Crippen LogP contribution in [0.5, 0.6) is 0 Å². The Hall–Kier alpha value is -1.82. The topological polar surface area (TPSA) is 0 Å². The van der Waals surface area contributed by atoms with E-state index in [2.05, 4.69) is 70.7 Å². The fourth-order valence-electron chi connectivity index (χ4n) is 4.19. The van der Waals surface area contributed by atoms with Crippen LogP contribution in [0.4, 0.5) is 0 Å². The van der Waals surface area contributed by atoms with Crippen molar-refractivity contribution in [3.05, 3.63) is 70.2 Å². The maximum atomic E-state index is 3.87. The van der Waals surface area contributed by atoms with E-state index in [1.807, 2.05) is 6.08 Å². The maximum Gasteiger partial charge on any atom is -0.00255 e. The molecule has 0 amide bonds. The van der Waals surface area contributed by atoms with Crippen molar-refractivity contribution >= 4 is 11.6 Å². The molecule has 21 heavy (non-hydrogen) atoms. The second-order valence-electron chi connectivity index (χ2n) is 6.81. The van der Waals surface area contributed by atoms with Crippen molar-refractivity contribution in [3.8, 4) is 0 Å². The van der Waals surface area contributed by atoms with Gasteiger partial charge in [0.05, 0.1) is 0 Å². The van der Waals surface area contributed by atoms with Crippen LogP contribution in [0, 0.1) is 5.92 Å². The minimum atomic E-state index is 0.168. The predicted molar refractivity (Wildman–Crippen MR) is 92.4 cm³/mol. The zero-order valence-corrected chi connectivity index (χ0v) is 13.5. The smallest absolute Gasteiger partial charge is 0.00255 e. The summed E-state index contributed by atoms with van der Waals surface area (Å²) in [6, 6.07) is 6.70. The van der Waals surface area contributed by atoms with Gasteiger partial charge < -0.3 is 0 Å². The predicted octanol–water partition coefficient (Wildman–Crippen LogP) is 4.01. The van der Waals surface area contributed by atoms with Gasteiger partial charge in [0.1, 0.15) is 0 Å². The summed E-state index contributed by atoms with van der Waals surface area (Å²) in [4.78, 5) is 0. The van der Waals surface area contributed by atoms with E-state index in [9.17, 15) is 0 Å². The molecule has 0 radical (unpaired) electrons. The van der Waals surface area contributed by atoms with E-state index < -0.39 is 0 Å². The highest BCUT2D eigenvalue weighted by Gasteiger charge is 2.39. The molecule has 1 aromatic carbocycles. The lowest BCUT2D eigenvalue weighted by Gasteiger charge is -2.43. The SMILES string of the molecule is C=C/C=c1/cccc2c1=C(C)C1=C(C)C=CCC1C2(C)C. The van der Waals surface area contributed by atoms with Gasteiger partial charge in [0.15, 0.2) is 0 Å². The number of benzene rings is 1. The van der Waals surface area contributed by atoms with E-state index in [0.29, 0.717) is 5.92 Å². The molecule has 0 bridgehead atoms. The molecule has 0 N–H and O–H groups in total. The van der Waals surface area contributed by atoms with E-state index in [-0.39, 0.29) is 5.41 Å².